The standard InChI is InChI=1S/C18H20BrN3O2/c1-13-6-7-17(16(19)11-13)22(14(2)23)10-8-18(24)21-12-15-5-3-4-9-20-15/h3-7,9,11H,8,10,12H2,1-2H3,(H,21,24). The van der Waals surface area contributed by atoms with Crippen LogP contribution in [0.5, 0.6) is 0 Å². The maximum atomic E-state index is 12.0. The normalized spacial score (nSPS) is 10.3. The van der Waals surface area contributed by atoms with Crippen LogP contribution in [0, 0.1) is 6.92 Å². The summed E-state index contributed by atoms with van der Waals surface area (Å²) in [5, 5.41) is 2.82. The summed E-state index contributed by atoms with van der Waals surface area (Å²) in [4.78, 5) is 29.7. The zero-order valence-corrected chi connectivity index (χ0v) is 15.3. The van der Waals surface area contributed by atoms with Gasteiger partial charge in [0.1, 0.15) is 0 Å². The summed E-state index contributed by atoms with van der Waals surface area (Å²) < 4.78 is 0.839. The molecule has 0 unspecified atom stereocenters. The number of anilines is 1. The van der Waals surface area contributed by atoms with Crippen LogP contribution in [-0.4, -0.2) is 23.3 Å². The van der Waals surface area contributed by atoms with Crippen molar-refractivity contribution in [3.8, 4) is 0 Å². The Hall–Kier alpha value is -2.21. The lowest BCUT2D eigenvalue weighted by molar-refractivity contribution is -0.121. The Morgan fingerprint density at radius 1 is 1.25 bits per heavy atom. The van der Waals surface area contributed by atoms with Crippen LogP contribution in [-0.2, 0) is 16.1 Å². The van der Waals surface area contributed by atoms with E-state index in [-0.39, 0.29) is 18.2 Å². The number of nitrogens with zero attached hydrogens (tertiary/aromatic N) is 2. The van der Waals surface area contributed by atoms with Crippen molar-refractivity contribution >= 4 is 33.4 Å². The smallest absolute Gasteiger partial charge is 0.223 e. The van der Waals surface area contributed by atoms with Gasteiger partial charge in [0.05, 0.1) is 17.9 Å². The Balaban J connectivity index is 1.94. The van der Waals surface area contributed by atoms with E-state index in [1.54, 1.807) is 11.1 Å². The maximum Gasteiger partial charge on any atom is 0.223 e. The topological polar surface area (TPSA) is 62.3 Å². The van der Waals surface area contributed by atoms with E-state index in [1.165, 1.54) is 6.92 Å². The number of aryl methyl sites for hydroxylation is 1. The molecule has 1 heterocycles. The number of carbonyl (C=O) groups excluding carboxylic acids is 2. The van der Waals surface area contributed by atoms with E-state index in [9.17, 15) is 9.59 Å². The van der Waals surface area contributed by atoms with Crippen molar-refractivity contribution in [2.24, 2.45) is 0 Å². The Bertz CT molecular complexity index is 719. The zero-order chi connectivity index (χ0) is 17.5. The van der Waals surface area contributed by atoms with E-state index in [0.717, 1.165) is 21.4 Å². The minimum Gasteiger partial charge on any atom is -0.350 e. The lowest BCUT2D eigenvalue weighted by Gasteiger charge is -2.22. The third-order valence-electron chi connectivity index (χ3n) is 3.53. The van der Waals surface area contributed by atoms with Crippen molar-refractivity contribution in [3.05, 3.63) is 58.3 Å². The molecule has 2 aromatic rings. The number of halogens is 1. The third kappa shape index (κ3) is 5.16. The Labute approximate surface area is 150 Å². The fraction of sp³-hybridized carbons (Fsp3) is 0.278. The lowest BCUT2D eigenvalue weighted by atomic mass is 10.2. The second-order valence-corrected chi connectivity index (χ2v) is 6.33. The highest BCUT2D eigenvalue weighted by Crippen LogP contribution is 2.27. The molecule has 0 aliphatic rings. The summed E-state index contributed by atoms with van der Waals surface area (Å²) in [5.74, 6) is -0.216. The van der Waals surface area contributed by atoms with Gasteiger partial charge in [-0.05, 0) is 52.7 Å². The molecular weight excluding hydrogens is 370 g/mol. The van der Waals surface area contributed by atoms with E-state index >= 15 is 0 Å². The molecule has 0 saturated heterocycles. The molecule has 1 aromatic carbocycles. The highest BCUT2D eigenvalue weighted by atomic mass is 79.9. The number of pyridine rings is 1. The van der Waals surface area contributed by atoms with Crippen LogP contribution in [0.15, 0.2) is 47.1 Å². The first-order valence-electron chi connectivity index (χ1n) is 7.68. The number of aromatic nitrogens is 1. The molecule has 6 heteroatoms. The van der Waals surface area contributed by atoms with Crippen molar-refractivity contribution in [1.82, 2.24) is 10.3 Å². The quantitative estimate of drug-likeness (QED) is 0.824. The maximum absolute atomic E-state index is 12.0. The summed E-state index contributed by atoms with van der Waals surface area (Å²) in [6.07, 6.45) is 1.92. The molecule has 2 rings (SSSR count). The predicted octanol–water partition coefficient (Wildman–Crippen LogP) is 3.21. The molecule has 0 aliphatic heterocycles. The van der Waals surface area contributed by atoms with Gasteiger partial charge < -0.3 is 10.2 Å². The molecule has 0 spiro atoms. The van der Waals surface area contributed by atoms with Gasteiger partial charge in [0.15, 0.2) is 0 Å². The van der Waals surface area contributed by atoms with Gasteiger partial charge >= 0.3 is 0 Å². The monoisotopic (exact) mass is 389 g/mol. The second-order valence-electron chi connectivity index (χ2n) is 5.47. The number of hydrogen-bond donors (Lipinski definition) is 1. The summed E-state index contributed by atoms with van der Waals surface area (Å²) in [7, 11) is 0. The van der Waals surface area contributed by atoms with Crippen molar-refractivity contribution < 1.29 is 9.59 Å². The predicted molar refractivity (Wildman–Crippen MR) is 97.6 cm³/mol. The van der Waals surface area contributed by atoms with Crippen molar-refractivity contribution in [2.75, 3.05) is 11.4 Å². The lowest BCUT2D eigenvalue weighted by Crippen LogP contribution is -2.34. The number of hydrogen-bond acceptors (Lipinski definition) is 3. The molecule has 0 atom stereocenters. The van der Waals surface area contributed by atoms with Crippen LogP contribution in [0.4, 0.5) is 5.69 Å². The van der Waals surface area contributed by atoms with E-state index in [4.69, 9.17) is 0 Å². The summed E-state index contributed by atoms with van der Waals surface area (Å²) in [5.41, 5.74) is 2.67. The molecule has 1 aromatic heterocycles. The molecule has 0 saturated carbocycles. The molecule has 0 bridgehead atoms. The van der Waals surface area contributed by atoms with Gasteiger partial charge in [-0.25, -0.2) is 0 Å². The Morgan fingerprint density at radius 2 is 2.04 bits per heavy atom. The van der Waals surface area contributed by atoms with Gasteiger partial charge in [-0.3, -0.25) is 14.6 Å². The van der Waals surface area contributed by atoms with Crippen LogP contribution in [0.25, 0.3) is 0 Å². The summed E-state index contributed by atoms with van der Waals surface area (Å²) in [6, 6.07) is 11.3. The molecule has 5 nitrogen and oxygen atoms in total. The van der Waals surface area contributed by atoms with Crippen LogP contribution < -0.4 is 10.2 Å². The third-order valence-corrected chi connectivity index (χ3v) is 4.16. The summed E-state index contributed by atoms with van der Waals surface area (Å²) in [6.45, 7) is 4.19. The Morgan fingerprint density at radius 3 is 2.67 bits per heavy atom. The molecule has 1 N–H and O–H groups in total. The Kier molecular flexibility index (Phi) is 6.49. The first-order chi connectivity index (χ1) is 11.5. The van der Waals surface area contributed by atoms with Gasteiger partial charge in [0, 0.05) is 30.6 Å². The van der Waals surface area contributed by atoms with Gasteiger partial charge in [-0.2, -0.15) is 0 Å². The van der Waals surface area contributed by atoms with Crippen molar-refractivity contribution in [2.45, 2.75) is 26.8 Å². The number of carbonyl (C=O) groups is 2. The summed E-state index contributed by atoms with van der Waals surface area (Å²) >= 11 is 3.48. The van der Waals surface area contributed by atoms with E-state index < -0.39 is 0 Å². The van der Waals surface area contributed by atoms with Gasteiger partial charge in [0.2, 0.25) is 11.8 Å². The number of benzene rings is 1. The molecule has 2 amide bonds. The number of amides is 2. The van der Waals surface area contributed by atoms with Crippen LogP contribution >= 0.6 is 15.9 Å². The van der Waals surface area contributed by atoms with Crippen LogP contribution in [0.3, 0.4) is 0 Å². The number of rotatable bonds is 6. The molecule has 24 heavy (non-hydrogen) atoms. The van der Waals surface area contributed by atoms with E-state index in [0.29, 0.717) is 13.1 Å². The number of nitrogens with one attached hydrogen (secondary N) is 1. The van der Waals surface area contributed by atoms with Gasteiger partial charge in [-0.15, -0.1) is 0 Å². The zero-order valence-electron chi connectivity index (χ0n) is 13.8. The highest BCUT2D eigenvalue weighted by molar-refractivity contribution is 9.10. The average Bonchev–Trinajstić information content (AvgIpc) is 2.55. The van der Waals surface area contributed by atoms with E-state index in [1.807, 2.05) is 43.3 Å². The van der Waals surface area contributed by atoms with Gasteiger partial charge in [-0.1, -0.05) is 12.1 Å². The van der Waals surface area contributed by atoms with Crippen LogP contribution in [0.1, 0.15) is 24.6 Å². The SMILES string of the molecule is CC(=O)N(CCC(=O)NCc1ccccn1)c1ccc(C)cc1Br. The first-order valence-corrected chi connectivity index (χ1v) is 8.47. The van der Waals surface area contributed by atoms with Crippen molar-refractivity contribution in [3.63, 3.8) is 0 Å². The minimum absolute atomic E-state index is 0.0999. The fourth-order valence-corrected chi connectivity index (χ4v) is 2.98. The van der Waals surface area contributed by atoms with Crippen molar-refractivity contribution in [1.29, 1.82) is 0 Å². The van der Waals surface area contributed by atoms with E-state index in [2.05, 4.69) is 26.2 Å². The second kappa shape index (κ2) is 8.59. The van der Waals surface area contributed by atoms with Crippen LogP contribution in [0.2, 0.25) is 0 Å². The molecular formula is C18H20BrN3O2. The van der Waals surface area contributed by atoms with Gasteiger partial charge in [0.25, 0.3) is 0 Å². The largest absolute Gasteiger partial charge is 0.350 e. The average molecular weight is 390 g/mol. The molecule has 126 valence electrons. The highest BCUT2D eigenvalue weighted by Gasteiger charge is 2.16. The molecule has 0 radical (unpaired) electrons. The fourth-order valence-electron chi connectivity index (χ4n) is 2.27. The first kappa shape index (κ1) is 18.1. The minimum atomic E-state index is -0.116. The molecule has 0 fully saturated rings. The molecule has 0 aliphatic carbocycles.